The molecule has 0 unspecified atom stereocenters. The van der Waals surface area contributed by atoms with Crippen LogP contribution < -0.4 is 0 Å². The normalized spacial score (nSPS) is 16.7. The topological polar surface area (TPSA) is 21.6 Å². The molecule has 2 heteroatoms. The Morgan fingerprint density at radius 1 is 1.70 bits per heavy atom. The highest BCUT2D eigenvalue weighted by Crippen LogP contribution is 2.02. The summed E-state index contributed by atoms with van der Waals surface area (Å²) in [6.45, 7) is 0.609. The van der Waals surface area contributed by atoms with E-state index in [9.17, 15) is 0 Å². The largest absolute Gasteiger partial charge is 0.378 e. The van der Waals surface area contributed by atoms with Crippen LogP contribution in [0.25, 0.3) is 0 Å². The van der Waals surface area contributed by atoms with E-state index in [2.05, 4.69) is 17.1 Å². The molecule has 2 nitrogen and oxygen atoms in total. The molecule has 0 fully saturated rings. The number of nitrogens with zero attached hydrogens (tertiary/aromatic N) is 1. The molecule has 1 aliphatic heterocycles. The summed E-state index contributed by atoms with van der Waals surface area (Å²) in [5, 5.41) is 0. The minimum Gasteiger partial charge on any atom is -0.378 e. The number of allylic oxidation sites excluding steroid dienone is 3. The van der Waals surface area contributed by atoms with Crippen LogP contribution in [0.4, 0.5) is 0 Å². The predicted octanol–water partition coefficient (Wildman–Crippen LogP) is 1.55. The highest BCUT2D eigenvalue weighted by molar-refractivity contribution is 5.72. The minimum absolute atomic E-state index is 0.609. The lowest BCUT2D eigenvalue weighted by Crippen LogP contribution is -1.90. The second kappa shape index (κ2) is 4.01. The van der Waals surface area contributed by atoms with Crippen LogP contribution in [0.3, 0.4) is 0 Å². The van der Waals surface area contributed by atoms with Gasteiger partial charge in [0.15, 0.2) is 0 Å². The zero-order valence-corrected chi connectivity index (χ0v) is 6.08. The summed E-state index contributed by atoms with van der Waals surface area (Å²) in [6.07, 6.45) is 8.81. The van der Waals surface area contributed by atoms with Crippen molar-refractivity contribution in [3.8, 4) is 0 Å². The van der Waals surface area contributed by atoms with E-state index in [0.29, 0.717) is 6.61 Å². The van der Waals surface area contributed by atoms with E-state index in [-0.39, 0.29) is 0 Å². The Balaban J connectivity index is 2.51. The lowest BCUT2D eigenvalue weighted by Gasteiger charge is -1.96. The summed E-state index contributed by atoms with van der Waals surface area (Å²) in [5.41, 5.74) is 1.01. The van der Waals surface area contributed by atoms with Crippen molar-refractivity contribution in [1.29, 1.82) is 0 Å². The monoisotopic (exact) mass is 137 g/mol. The lowest BCUT2D eigenvalue weighted by atomic mass is 10.3. The number of aliphatic imine (C=N–C) groups is 1. The fourth-order valence-electron chi connectivity index (χ4n) is 0.779. The van der Waals surface area contributed by atoms with Gasteiger partial charge in [0.1, 0.15) is 0 Å². The number of methoxy groups -OCH3 is 1. The first kappa shape index (κ1) is 7.22. The Hall–Kier alpha value is -0.890. The fraction of sp³-hybridized carbons (Fsp3) is 0.375. The third-order valence-corrected chi connectivity index (χ3v) is 1.24. The maximum absolute atomic E-state index is 4.93. The Morgan fingerprint density at radius 3 is 3.40 bits per heavy atom. The molecule has 0 atom stereocenters. The molecule has 0 saturated heterocycles. The van der Waals surface area contributed by atoms with E-state index in [4.69, 9.17) is 4.74 Å². The van der Waals surface area contributed by atoms with Crippen molar-refractivity contribution in [2.75, 3.05) is 13.7 Å². The van der Waals surface area contributed by atoms with Gasteiger partial charge in [0, 0.05) is 13.3 Å². The third-order valence-electron chi connectivity index (χ3n) is 1.24. The van der Waals surface area contributed by atoms with Crippen LogP contribution in [0.5, 0.6) is 0 Å². The summed E-state index contributed by atoms with van der Waals surface area (Å²) in [4.78, 5) is 4.14. The van der Waals surface area contributed by atoms with Crippen molar-refractivity contribution in [1.82, 2.24) is 0 Å². The number of hydrogen-bond acceptors (Lipinski definition) is 2. The first-order valence-electron chi connectivity index (χ1n) is 3.30. The molecule has 0 aromatic carbocycles. The number of rotatable bonds is 2. The van der Waals surface area contributed by atoms with Gasteiger partial charge in [-0.25, -0.2) is 0 Å². The Kier molecular flexibility index (Phi) is 2.90. The van der Waals surface area contributed by atoms with E-state index >= 15 is 0 Å². The van der Waals surface area contributed by atoms with Crippen molar-refractivity contribution in [2.24, 2.45) is 4.99 Å². The molecule has 0 saturated carbocycles. The van der Waals surface area contributed by atoms with E-state index in [1.165, 1.54) is 0 Å². The molecule has 1 aliphatic rings. The van der Waals surface area contributed by atoms with Crippen LogP contribution >= 0.6 is 0 Å². The first-order chi connectivity index (χ1) is 4.93. The third kappa shape index (κ3) is 2.15. The molecule has 0 aromatic heterocycles. The summed E-state index contributed by atoms with van der Waals surface area (Å²) in [6, 6.07) is 0. The molecule has 0 bridgehead atoms. The SMILES string of the molecule is COCC1=CCC=CC=N1. The van der Waals surface area contributed by atoms with Gasteiger partial charge in [-0.15, -0.1) is 0 Å². The van der Waals surface area contributed by atoms with Gasteiger partial charge in [0.05, 0.1) is 12.3 Å². The van der Waals surface area contributed by atoms with E-state index in [1.807, 2.05) is 6.08 Å². The smallest absolute Gasteiger partial charge is 0.0880 e. The average molecular weight is 137 g/mol. The predicted molar refractivity (Wildman–Crippen MR) is 42.2 cm³/mol. The molecule has 10 heavy (non-hydrogen) atoms. The summed E-state index contributed by atoms with van der Waals surface area (Å²) < 4.78 is 4.93. The Labute approximate surface area is 60.9 Å². The van der Waals surface area contributed by atoms with E-state index in [1.54, 1.807) is 13.3 Å². The molecule has 0 aliphatic carbocycles. The van der Waals surface area contributed by atoms with Crippen LogP contribution in [-0.2, 0) is 4.74 Å². The molecular formula is C8H11NO. The van der Waals surface area contributed by atoms with Gasteiger partial charge in [-0.05, 0) is 12.5 Å². The molecule has 1 rings (SSSR count). The summed E-state index contributed by atoms with van der Waals surface area (Å²) >= 11 is 0. The molecule has 0 amide bonds. The Bertz CT molecular complexity index is 180. The standard InChI is InChI=1S/C8H11NO/c1-10-7-8-5-3-2-4-6-9-8/h2,4-6H,3,7H2,1H3. The Morgan fingerprint density at radius 2 is 2.60 bits per heavy atom. The minimum atomic E-state index is 0.609. The molecule has 0 spiro atoms. The van der Waals surface area contributed by atoms with Crippen molar-refractivity contribution >= 4 is 6.21 Å². The molecule has 1 heterocycles. The lowest BCUT2D eigenvalue weighted by molar-refractivity contribution is 0.225. The van der Waals surface area contributed by atoms with Crippen molar-refractivity contribution in [3.05, 3.63) is 23.9 Å². The molecule has 0 N–H and O–H groups in total. The van der Waals surface area contributed by atoms with Crippen LogP contribution in [0, 0.1) is 0 Å². The zero-order valence-electron chi connectivity index (χ0n) is 6.08. The maximum Gasteiger partial charge on any atom is 0.0880 e. The van der Waals surface area contributed by atoms with Gasteiger partial charge in [-0.2, -0.15) is 0 Å². The highest BCUT2D eigenvalue weighted by Gasteiger charge is 1.91. The maximum atomic E-state index is 4.93. The second-order valence-corrected chi connectivity index (χ2v) is 2.07. The van der Waals surface area contributed by atoms with E-state index < -0.39 is 0 Å². The summed E-state index contributed by atoms with van der Waals surface area (Å²) in [7, 11) is 1.68. The zero-order chi connectivity index (χ0) is 7.23. The van der Waals surface area contributed by atoms with Crippen molar-refractivity contribution in [3.63, 3.8) is 0 Å². The van der Waals surface area contributed by atoms with Gasteiger partial charge in [0.2, 0.25) is 0 Å². The van der Waals surface area contributed by atoms with Crippen LogP contribution in [0.15, 0.2) is 28.9 Å². The van der Waals surface area contributed by atoms with Gasteiger partial charge in [-0.3, -0.25) is 4.99 Å². The fourth-order valence-corrected chi connectivity index (χ4v) is 0.779. The van der Waals surface area contributed by atoms with Gasteiger partial charge in [0.25, 0.3) is 0 Å². The van der Waals surface area contributed by atoms with Crippen LogP contribution in [-0.4, -0.2) is 19.9 Å². The molecule has 54 valence electrons. The van der Waals surface area contributed by atoms with Gasteiger partial charge in [-0.1, -0.05) is 12.2 Å². The molecule has 0 radical (unpaired) electrons. The van der Waals surface area contributed by atoms with E-state index in [0.717, 1.165) is 12.1 Å². The van der Waals surface area contributed by atoms with Crippen LogP contribution in [0.1, 0.15) is 6.42 Å². The average Bonchev–Trinajstić information content (AvgIpc) is 2.17. The highest BCUT2D eigenvalue weighted by atomic mass is 16.5. The second-order valence-electron chi connectivity index (χ2n) is 2.07. The number of ether oxygens (including phenoxy) is 1. The summed E-state index contributed by atoms with van der Waals surface area (Å²) in [5.74, 6) is 0. The van der Waals surface area contributed by atoms with Crippen LogP contribution in [0.2, 0.25) is 0 Å². The van der Waals surface area contributed by atoms with Crippen molar-refractivity contribution in [2.45, 2.75) is 6.42 Å². The van der Waals surface area contributed by atoms with Crippen molar-refractivity contribution < 1.29 is 4.74 Å². The molecular weight excluding hydrogens is 126 g/mol. The molecule has 0 aromatic rings. The first-order valence-corrected chi connectivity index (χ1v) is 3.30. The quantitative estimate of drug-likeness (QED) is 0.565. The number of hydrogen-bond donors (Lipinski definition) is 0. The van der Waals surface area contributed by atoms with Gasteiger partial charge >= 0.3 is 0 Å². The van der Waals surface area contributed by atoms with Gasteiger partial charge < -0.3 is 4.74 Å².